The van der Waals surface area contributed by atoms with Gasteiger partial charge in [0.15, 0.2) is 0 Å². The summed E-state index contributed by atoms with van der Waals surface area (Å²) < 4.78 is 5.56. The quantitative estimate of drug-likeness (QED) is 0.320. The molecule has 32 heavy (non-hydrogen) atoms. The second-order valence-corrected chi connectivity index (χ2v) is 8.53. The van der Waals surface area contributed by atoms with Crippen LogP contribution in [0.5, 0.6) is 5.75 Å². The summed E-state index contributed by atoms with van der Waals surface area (Å²) in [6.45, 7) is 0.824. The summed E-state index contributed by atoms with van der Waals surface area (Å²) in [5, 5.41) is 6.51. The van der Waals surface area contributed by atoms with Crippen LogP contribution in [0.2, 0.25) is 0 Å². The van der Waals surface area contributed by atoms with Gasteiger partial charge in [-0.1, -0.05) is 84.9 Å². The van der Waals surface area contributed by atoms with E-state index >= 15 is 0 Å². The molecule has 4 aromatic carbocycles. The number of ether oxygens (including phenoxy) is 1. The van der Waals surface area contributed by atoms with Crippen LogP contribution in [0.15, 0.2) is 91.0 Å². The average Bonchev–Trinajstić information content (AvgIpc) is 2.83. The van der Waals surface area contributed by atoms with Crippen molar-refractivity contribution >= 4 is 27.8 Å². The van der Waals surface area contributed by atoms with Crippen molar-refractivity contribution in [2.45, 2.75) is 37.8 Å². The minimum absolute atomic E-state index is 0. The van der Waals surface area contributed by atoms with Gasteiger partial charge in [-0.2, -0.15) is 0 Å². The van der Waals surface area contributed by atoms with E-state index in [1.54, 1.807) is 7.11 Å². The molecular formula is C29H30BrNO. The SMILES string of the molecule is Br.COc1ccccc1CN[C@@H]1CCc2ccccc2[C@@H]1Cc1ccc2ccccc2c1. The summed E-state index contributed by atoms with van der Waals surface area (Å²) >= 11 is 0. The topological polar surface area (TPSA) is 21.3 Å². The number of benzene rings is 4. The first-order valence-corrected chi connectivity index (χ1v) is 11.2. The maximum atomic E-state index is 5.56. The van der Waals surface area contributed by atoms with Crippen LogP contribution in [-0.4, -0.2) is 13.2 Å². The third-order valence-corrected chi connectivity index (χ3v) is 6.68. The van der Waals surface area contributed by atoms with Crippen molar-refractivity contribution in [2.75, 3.05) is 7.11 Å². The lowest BCUT2D eigenvalue weighted by Crippen LogP contribution is -2.39. The molecule has 0 heterocycles. The number of halogens is 1. The third kappa shape index (κ3) is 4.74. The summed E-state index contributed by atoms with van der Waals surface area (Å²) in [5.74, 6) is 1.41. The van der Waals surface area contributed by atoms with Gasteiger partial charge in [0, 0.05) is 24.1 Å². The smallest absolute Gasteiger partial charge is 0.123 e. The Kier molecular flexibility index (Phi) is 7.29. The van der Waals surface area contributed by atoms with Crippen LogP contribution >= 0.6 is 17.0 Å². The highest BCUT2D eigenvalue weighted by Gasteiger charge is 2.29. The zero-order chi connectivity index (χ0) is 21.0. The monoisotopic (exact) mass is 487 g/mol. The van der Waals surface area contributed by atoms with Crippen molar-refractivity contribution in [3.05, 3.63) is 113 Å². The van der Waals surface area contributed by atoms with Crippen molar-refractivity contribution in [1.29, 1.82) is 0 Å². The maximum absolute atomic E-state index is 5.56. The van der Waals surface area contributed by atoms with Crippen LogP contribution in [0, 0.1) is 0 Å². The van der Waals surface area contributed by atoms with Gasteiger partial charge in [-0.05, 0) is 52.8 Å². The molecule has 2 atom stereocenters. The molecule has 0 spiro atoms. The molecule has 2 nitrogen and oxygen atoms in total. The van der Waals surface area contributed by atoms with Crippen LogP contribution in [-0.2, 0) is 19.4 Å². The zero-order valence-electron chi connectivity index (χ0n) is 18.5. The highest BCUT2D eigenvalue weighted by Crippen LogP contribution is 2.35. The number of hydrogen-bond donors (Lipinski definition) is 1. The van der Waals surface area contributed by atoms with E-state index in [-0.39, 0.29) is 17.0 Å². The molecule has 0 aliphatic heterocycles. The van der Waals surface area contributed by atoms with Gasteiger partial charge in [0.2, 0.25) is 0 Å². The number of nitrogens with one attached hydrogen (secondary N) is 1. The molecule has 4 aromatic rings. The molecule has 0 bridgehead atoms. The molecule has 0 fully saturated rings. The van der Waals surface area contributed by atoms with Crippen molar-refractivity contribution in [2.24, 2.45) is 0 Å². The average molecular weight is 488 g/mol. The van der Waals surface area contributed by atoms with Gasteiger partial charge in [0.25, 0.3) is 0 Å². The number of aryl methyl sites for hydroxylation is 1. The van der Waals surface area contributed by atoms with Gasteiger partial charge in [0.1, 0.15) is 5.75 Å². The van der Waals surface area contributed by atoms with Crippen molar-refractivity contribution in [3.63, 3.8) is 0 Å². The summed E-state index contributed by atoms with van der Waals surface area (Å²) in [6, 6.07) is 33.3. The normalized spacial score (nSPS) is 17.4. The molecule has 0 saturated heterocycles. The Bertz CT molecular complexity index is 1190. The van der Waals surface area contributed by atoms with Crippen LogP contribution < -0.4 is 10.1 Å². The fourth-order valence-electron chi connectivity index (χ4n) is 5.06. The van der Waals surface area contributed by atoms with E-state index in [1.165, 1.54) is 33.0 Å². The standard InChI is InChI=1S/C29H29NO.BrH/c1-31-29-13-7-5-11-25(29)20-30-28-17-16-23-9-4-6-12-26(23)27(28)19-21-14-15-22-8-2-3-10-24(22)18-21;/h2-15,18,27-28,30H,16-17,19-20H2,1H3;1H/t27-,28+;/m0./s1. The fraction of sp³-hybridized carbons (Fsp3) is 0.241. The second-order valence-electron chi connectivity index (χ2n) is 8.53. The summed E-state index contributed by atoms with van der Waals surface area (Å²) in [6.07, 6.45) is 3.34. The molecule has 0 aromatic heterocycles. The van der Waals surface area contributed by atoms with E-state index in [9.17, 15) is 0 Å². The predicted molar refractivity (Wildman–Crippen MR) is 139 cm³/mol. The number of rotatable bonds is 6. The summed E-state index contributed by atoms with van der Waals surface area (Å²) in [7, 11) is 1.75. The third-order valence-electron chi connectivity index (χ3n) is 6.68. The van der Waals surface area contributed by atoms with Gasteiger partial charge < -0.3 is 10.1 Å². The highest BCUT2D eigenvalue weighted by atomic mass is 79.9. The van der Waals surface area contributed by atoms with Crippen molar-refractivity contribution < 1.29 is 4.74 Å². The lowest BCUT2D eigenvalue weighted by Gasteiger charge is -2.35. The molecule has 0 amide bonds. The first-order chi connectivity index (χ1) is 15.3. The summed E-state index contributed by atoms with van der Waals surface area (Å²) in [5.41, 5.74) is 5.63. The number of para-hydroxylation sites is 1. The fourth-order valence-corrected chi connectivity index (χ4v) is 5.06. The van der Waals surface area contributed by atoms with Crippen molar-refractivity contribution in [3.8, 4) is 5.75 Å². The molecule has 164 valence electrons. The van der Waals surface area contributed by atoms with E-state index in [4.69, 9.17) is 4.74 Å². The van der Waals surface area contributed by atoms with E-state index in [0.717, 1.165) is 31.6 Å². The van der Waals surface area contributed by atoms with E-state index in [0.29, 0.717) is 12.0 Å². The predicted octanol–water partition coefficient (Wildman–Crippen LogP) is 6.86. The Balaban J connectivity index is 0.00000245. The Labute approximate surface area is 201 Å². The molecule has 3 heteroatoms. The Morgan fingerprint density at radius 1 is 0.844 bits per heavy atom. The van der Waals surface area contributed by atoms with Crippen LogP contribution in [0.1, 0.15) is 34.6 Å². The minimum Gasteiger partial charge on any atom is -0.496 e. The van der Waals surface area contributed by atoms with E-state index in [1.807, 2.05) is 12.1 Å². The summed E-state index contributed by atoms with van der Waals surface area (Å²) in [4.78, 5) is 0. The maximum Gasteiger partial charge on any atom is 0.123 e. The second kappa shape index (κ2) is 10.3. The number of fused-ring (bicyclic) bond motifs is 2. The van der Waals surface area contributed by atoms with Gasteiger partial charge >= 0.3 is 0 Å². The Morgan fingerprint density at radius 3 is 2.47 bits per heavy atom. The first kappa shape index (κ1) is 22.6. The van der Waals surface area contributed by atoms with Crippen LogP contribution in [0.4, 0.5) is 0 Å². The van der Waals surface area contributed by atoms with Crippen LogP contribution in [0.25, 0.3) is 10.8 Å². The Morgan fingerprint density at radius 2 is 1.59 bits per heavy atom. The molecule has 0 unspecified atom stereocenters. The lowest BCUT2D eigenvalue weighted by molar-refractivity contribution is 0.373. The molecule has 0 radical (unpaired) electrons. The first-order valence-electron chi connectivity index (χ1n) is 11.2. The minimum atomic E-state index is 0. The molecular weight excluding hydrogens is 458 g/mol. The van der Waals surface area contributed by atoms with Gasteiger partial charge in [-0.15, -0.1) is 17.0 Å². The largest absolute Gasteiger partial charge is 0.496 e. The number of hydrogen-bond acceptors (Lipinski definition) is 2. The van der Waals surface area contributed by atoms with Gasteiger partial charge in [0.05, 0.1) is 7.11 Å². The molecule has 1 aliphatic rings. The van der Waals surface area contributed by atoms with Gasteiger partial charge in [-0.3, -0.25) is 0 Å². The van der Waals surface area contributed by atoms with E-state index in [2.05, 4.69) is 84.2 Å². The Hall–Kier alpha value is -2.62. The molecule has 1 N–H and O–H groups in total. The number of methoxy groups -OCH3 is 1. The zero-order valence-corrected chi connectivity index (χ0v) is 20.2. The highest BCUT2D eigenvalue weighted by molar-refractivity contribution is 8.93. The lowest BCUT2D eigenvalue weighted by atomic mass is 9.76. The molecule has 5 rings (SSSR count). The van der Waals surface area contributed by atoms with Crippen molar-refractivity contribution in [1.82, 2.24) is 5.32 Å². The molecule has 1 aliphatic carbocycles. The van der Waals surface area contributed by atoms with E-state index < -0.39 is 0 Å². The van der Waals surface area contributed by atoms with Gasteiger partial charge in [-0.25, -0.2) is 0 Å². The molecule has 0 saturated carbocycles. The van der Waals surface area contributed by atoms with Crippen LogP contribution in [0.3, 0.4) is 0 Å².